The molecule has 5 nitrogen and oxygen atoms in total. The number of phenols is 1. The molecule has 1 aliphatic rings. The van der Waals surface area contributed by atoms with Gasteiger partial charge in [-0.05, 0) is 31.5 Å². The van der Waals surface area contributed by atoms with Crippen LogP contribution in [0.5, 0.6) is 5.75 Å². The molecule has 1 amide bonds. The zero-order chi connectivity index (χ0) is 14.5. The summed E-state index contributed by atoms with van der Waals surface area (Å²) in [6, 6.07) is 5.35. The first-order valence-corrected chi connectivity index (χ1v) is 7.04. The van der Waals surface area contributed by atoms with Gasteiger partial charge in [0.2, 0.25) is 5.91 Å². The Morgan fingerprint density at radius 2 is 2.25 bits per heavy atom. The second-order valence-corrected chi connectivity index (χ2v) is 5.16. The summed E-state index contributed by atoms with van der Waals surface area (Å²) in [5.41, 5.74) is 1.20. The second-order valence-electron chi connectivity index (χ2n) is 5.16. The molecule has 0 spiro atoms. The number of amides is 1. The zero-order valence-corrected chi connectivity index (χ0v) is 12.0. The third-order valence-corrected chi connectivity index (χ3v) is 3.57. The molecule has 0 aromatic heterocycles. The first kappa shape index (κ1) is 14.8. The van der Waals surface area contributed by atoms with Crippen LogP contribution in [-0.4, -0.2) is 36.8 Å². The molecule has 0 radical (unpaired) electrons. The molecule has 2 atom stereocenters. The van der Waals surface area contributed by atoms with Crippen molar-refractivity contribution in [1.29, 1.82) is 0 Å². The average molecular weight is 278 g/mol. The molecule has 5 heteroatoms. The quantitative estimate of drug-likeness (QED) is 0.716. The summed E-state index contributed by atoms with van der Waals surface area (Å²) in [5.74, 6) is -0.212. The van der Waals surface area contributed by atoms with Gasteiger partial charge in [0, 0.05) is 6.04 Å². The highest BCUT2D eigenvalue weighted by atomic mass is 16.5. The predicted molar refractivity (Wildman–Crippen MR) is 77.9 cm³/mol. The van der Waals surface area contributed by atoms with E-state index in [0.29, 0.717) is 18.9 Å². The molecule has 0 aliphatic carbocycles. The standard InChI is InChI=1S/C15H22N2O3/c1-3-7-16-13-9-20-8-11(13)15(19)17-12-6-4-5-10(2)14(12)18/h4-6,11,13,16,18H,3,7-9H2,1-2H3,(H,17,19). The topological polar surface area (TPSA) is 70.6 Å². The summed E-state index contributed by atoms with van der Waals surface area (Å²) < 4.78 is 5.39. The Labute approximate surface area is 119 Å². The number of hydrogen-bond acceptors (Lipinski definition) is 4. The van der Waals surface area contributed by atoms with E-state index in [9.17, 15) is 9.90 Å². The Bertz CT molecular complexity index is 476. The van der Waals surface area contributed by atoms with Crippen LogP contribution >= 0.6 is 0 Å². The van der Waals surface area contributed by atoms with E-state index in [1.54, 1.807) is 19.1 Å². The fourth-order valence-corrected chi connectivity index (χ4v) is 2.33. The van der Waals surface area contributed by atoms with Gasteiger partial charge in [0.25, 0.3) is 0 Å². The van der Waals surface area contributed by atoms with E-state index in [2.05, 4.69) is 17.6 Å². The number of benzene rings is 1. The molecule has 20 heavy (non-hydrogen) atoms. The summed E-state index contributed by atoms with van der Waals surface area (Å²) in [6.45, 7) is 5.73. The number of para-hydroxylation sites is 1. The Balaban J connectivity index is 2.02. The molecule has 1 fully saturated rings. The van der Waals surface area contributed by atoms with Crippen LogP contribution in [-0.2, 0) is 9.53 Å². The van der Waals surface area contributed by atoms with E-state index in [1.165, 1.54) is 0 Å². The largest absolute Gasteiger partial charge is 0.505 e. The highest BCUT2D eigenvalue weighted by Crippen LogP contribution is 2.27. The maximum atomic E-state index is 12.3. The molecule has 1 aromatic carbocycles. The highest BCUT2D eigenvalue weighted by molar-refractivity contribution is 5.94. The number of hydrogen-bond donors (Lipinski definition) is 3. The molecule has 110 valence electrons. The van der Waals surface area contributed by atoms with Gasteiger partial charge in [-0.25, -0.2) is 0 Å². The van der Waals surface area contributed by atoms with Crippen molar-refractivity contribution in [3.05, 3.63) is 23.8 Å². The van der Waals surface area contributed by atoms with Gasteiger partial charge in [-0.3, -0.25) is 4.79 Å². The lowest BCUT2D eigenvalue weighted by Crippen LogP contribution is -2.41. The first-order chi connectivity index (χ1) is 9.63. The third-order valence-electron chi connectivity index (χ3n) is 3.57. The molecule has 1 heterocycles. The minimum Gasteiger partial charge on any atom is -0.505 e. The molecule has 1 aliphatic heterocycles. The Kier molecular flexibility index (Phi) is 4.98. The third kappa shape index (κ3) is 3.29. The maximum Gasteiger partial charge on any atom is 0.231 e. The fraction of sp³-hybridized carbons (Fsp3) is 0.533. The number of aromatic hydroxyl groups is 1. The lowest BCUT2D eigenvalue weighted by molar-refractivity contribution is -0.120. The van der Waals surface area contributed by atoms with Gasteiger partial charge >= 0.3 is 0 Å². The van der Waals surface area contributed by atoms with Gasteiger partial charge < -0.3 is 20.5 Å². The predicted octanol–water partition coefficient (Wildman–Crippen LogP) is 1.65. The van der Waals surface area contributed by atoms with Crippen LogP contribution in [0.4, 0.5) is 5.69 Å². The van der Waals surface area contributed by atoms with E-state index in [4.69, 9.17) is 4.74 Å². The number of aryl methyl sites for hydroxylation is 1. The van der Waals surface area contributed by atoms with Crippen LogP contribution in [0.2, 0.25) is 0 Å². The molecule has 2 unspecified atom stereocenters. The van der Waals surface area contributed by atoms with Gasteiger partial charge in [-0.15, -0.1) is 0 Å². The van der Waals surface area contributed by atoms with E-state index in [1.807, 2.05) is 6.07 Å². The van der Waals surface area contributed by atoms with E-state index < -0.39 is 0 Å². The van der Waals surface area contributed by atoms with Crippen molar-refractivity contribution >= 4 is 11.6 Å². The van der Waals surface area contributed by atoms with E-state index >= 15 is 0 Å². The Morgan fingerprint density at radius 3 is 3.00 bits per heavy atom. The zero-order valence-electron chi connectivity index (χ0n) is 12.0. The average Bonchev–Trinajstić information content (AvgIpc) is 2.90. The lowest BCUT2D eigenvalue weighted by atomic mass is 10.0. The van der Waals surface area contributed by atoms with Gasteiger partial charge in [0.1, 0.15) is 5.75 Å². The summed E-state index contributed by atoms with van der Waals surface area (Å²) in [7, 11) is 0. The molecule has 2 rings (SSSR count). The van der Waals surface area contributed by atoms with E-state index in [-0.39, 0.29) is 23.6 Å². The molecule has 1 saturated heterocycles. The van der Waals surface area contributed by atoms with Crippen LogP contribution in [0.3, 0.4) is 0 Å². The fourth-order valence-electron chi connectivity index (χ4n) is 2.33. The van der Waals surface area contributed by atoms with Crippen molar-refractivity contribution in [2.24, 2.45) is 5.92 Å². The van der Waals surface area contributed by atoms with Crippen molar-refractivity contribution in [2.45, 2.75) is 26.3 Å². The first-order valence-electron chi connectivity index (χ1n) is 7.04. The summed E-state index contributed by atoms with van der Waals surface area (Å²) in [4.78, 5) is 12.3. The van der Waals surface area contributed by atoms with Crippen LogP contribution in [0, 0.1) is 12.8 Å². The number of ether oxygens (including phenoxy) is 1. The van der Waals surface area contributed by atoms with Crippen LogP contribution in [0.15, 0.2) is 18.2 Å². The van der Waals surface area contributed by atoms with Gasteiger partial charge in [0.05, 0.1) is 24.8 Å². The summed E-state index contributed by atoms with van der Waals surface area (Å²) >= 11 is 0. The minimum absolute atomic E-state index is 0.0434. The second kappa shape index (κ2) is 6.72. The molecule has 0 bridgehead atoms. The molecular weight excluding hydrogens is 256 g/mol. The van der Waals surface area contributed by atoms with Crippen LogP contribution < -0.4 is 10.6 Å². The molecule has 3 N–H and O–H groups in total. The van der Waals surface area contributed by atoms with Crippen molar-refractivity contribution in [3.63, 3.8) is 0 Å². The van der Waals surface area contributed by atoms with Gasteiger partial charge in [0.15, 0.2) is 0 Å². The molecular formula is C15H22N2O3. The summed E-state index contributed by atoms with van der Waals surface area (Å²) in [6.07, 6.45) is 1.02. The van der Waals surface area contributed by atoms with Crippen LogP contribution in [0.1, 0.15) is 18.9 Å². The number of carbonyl (C=O) groups excluding carboxylic acids is 1. The minimum atomic E-state index is -0.221. The highest BCUT2D eigenvalue weighted by Gasteiger charge is 2.33. The molecule has 1 aromatic rings. The summed E-state index contributed by atoms with van der Waals surface area (Å²) in [5, 5.41) is 16.1. The van der Waals surface area contributed by atoms with Crippen LogP contribution in [0.25, 0.3) is 0 Å². The van der Waals surface area contributed by atoms with E-state index in [0.717, 1.165) is 18.5 Å². The van der Waals surface area contributed by atoms with Gasteiger partial charge in [-0.2, -0.15) is 0 Å². The normalized spacial score (nSPS) is 21.9. The smallest absolute Gasteiger partial charge is 0.231 e. The number of rotatable bonds is 5. The van der Waals surface area contributed by atoms with Crippen molar-refractivity contribution < 1.29 is 14.6 Å². The Morgan fingerprint density at radius 1 is 1.45 bits per heavy atom. The maximum absolute atomic E-state index is 12.3. The van der Waals surface area contributed by atoms with Gasteiger partial charge in [-0.1, -0.05) is 19.1 Å². The number of anilines is 1. The Hall–Kier alpha value is -1.59. The van der Waals surface area contributed by atoms with Crippen molar-refractivity contribution in [3.8, 4) is 5.75 Å². The lowest BCUT2D eigenvalue weighted by Gasteiger charge is -2.19. The van der Waals surface area contributed by atoms with Crippen molar-refractivity contribution in [2.75, 3.05) is 25.1 Å². The monoisotopic (exact) mass is 278 g/mol. The molecule has 0 saturated carbocycles. The van der Waals surface area contributed by atoms with Crippen molar-refractivity contribution in [1.82, 2.24) is 5.32 Å². The number of phenolic OH excluding ortho intramolecular Hbond substituents is 1. The number of carbonyl (C=O) groups is 1. The number of nitrogens with one attached hydrogen (secondary N) is 2. The SMILES string of the molecule is CCCNC1COCC1C(=O)Nc1cccc(C)c1O.